The molecule has 0 aromatic rings. The summed E-state index contributed by atoms with van der Waals surface area (Å²) >= 11 is 1.96. The van der Waals surface area contributed by atoms with Gasteiger partial charge in [-0.1, -0.05) is 0 Å². The minimum absolute atomic E-state index is 0.0136. The zero-order chi connectivity index (χ0) is 17.9. The third kappa shape index (κ3) is 5.31. The fraction of sp³-hybridized carbons (Fsp3) is 1.00. The average molecular weight is 393 g/mol. The number of hydrogen-bond acceptors (Lipinski definition) is 8. The lowest BCUT2D eigenvalue weighted by atomic mass is 9.82. The molecule has 3 rings (SSSR count). The van der Waals surface area contributed by atoms with Crippen LogP contribution in [0, 0.1) is 5.92 Å². The topological polar surface area (TPSA) is 91.5 Å². The van der Waals surface area contributed by atoms with Crippen LogP contribution in [0.15, 0.2) is 0 Å². The van der Waals surface area contributed by atoms with Crippen molar-refractivity contribution in [2.75, 3.05) is 38.9 Å². The van der Waals surface area contributed by atoms with Crippen LogP contribution >= 0.6 is 11.8 Å². The number of sulfone groups is 1. The smallest absolute Gasteiger partial charge is 0.150 e. The Hall–Kier alpha value is 0.1000. The Labute approximate surface area is 155 Å². The minimum Gasteiger partial charge on any atom is -0.365 e. The first-order chi connectivity index (χ1) is 12.0. The van der Waals surface area contributed by atoms with Gasteiger partial charge in [-0.05, 0) is 31.6 Å². The maximum atomic E-state index is 11.8. The van der Waals surface area contributed by atoms with Gasteiger partial charge >= 0.3 is 0 Å². The maximum absolute atomic E-state index is 11.8. The molecule has 2 heterocycles. The molecule has 0 radical (unpaired) electrons. The third-order valence-electron chi connectivity index (χ3n) is 5.71. The molecule has 4 atom stereocenters. The second-order valence-electron chi connectivity index (χ2n) is 7.47. The summed E-state index contributed by atoms with van der Waals surface area (Å²) in [6.07, 6.45) is 4.98. The van der Waals surface area contributed by atoms with Gasteiger partial charge in [0.2, 0.25) is 0 Å². The largest absolute Gasteiger partial charge is 0.365 e. The van der Waals surface area contributed by atoms with E-state index < -0.39 is 9.84 Å². The lowest BCUT2D eigenvalue weighted by Crippen LogP contribution is -2.68. The molecule has 0 bridgehead atoms. The van der Waals surface area contributed by atoms with Crippen LogP contribution in [0.3, 0.4) is 0 Å². The highest BCUT2D eigenvalue weighted by Crippen LogP contribution is 2.32. The Morgan fingerprint density at radius 2 is 1.96 bits per heavy atom. The third-order valence-corrected chi connectivity index (χ3v) is 8.57. The van der Waals surface area contributed by atoms with E-state index >= 15 is 0 Å². The Kier molecular flexibility index (Phi) is 7.03. The molecule has 1 saturated carbocycles. The summed E-state index contributed by atoms with van der Waals surface area (Å²) in [6.45, 7) is 2.89. The van der Waals surface area contributed by atoms with E-state index in [0.29, 0.717) is 11.2 Å². The van der Waals surface area contributed by atoms with Crippen molar-refractivity contribution in [3.8, 4) is 0 Å². The van der Waals surface area contributed by atoms with Crippen LogP contribution in [0.25, 0.3) is 0 Å². The molecule has 1 aliphatic carbocycles. The second kappa shape index (κ2) is 8.86. The molecule has 0 aromatic carbocycles. The lowest BCUT2D eigenvalue weighted by Gasteiger charge is -2.43. The fourth-order valence-electron chi connectivity index (χ4n) is 4.22. The molecule has 25 heavy (non-hydrogen) atoms. The Balaban J connectivity index is 1.52. The van der Waals surface area contributed by atoms with E-state index in [1.165, 1.54) is 6.26 Å². The van der Waals surface area contributed by atoms with E-state index in [1.807, 2.05) is 11.8 Å². The zero-order valence-electron chi connectivity index (χ0n) is 15.2. The molecule has 3 fully saturated rings. The van der Waals surface area contributed by atoms with E-state index in [9.17, 15) is 8.42 Å². The first-order valence-corrected chi connectivity index (χ1v) is 12.2. The molecule has 0 aromatic heterocycles. The normalized spacial score (nSPS) is 40.2. The first-order valence-electron chi connectivity index (χ1n) is 9.24. The van der Waals surface area contributed by atoms with Gasteiger partial charge in [0.1, 0.15) is 16.1 Å². The van der Waals surface area contributed by atoms with Gasteiger partial charge in [-0.2, -0.15) is 0 Å². The van der Waals surface area contributed by atoms with Gasteiger partial charge in [-0.3, -0.25) is 16.0 Å². The maximum Gasteiger partial charge on any atom is 0.150 e. The highest BCUT2D eigenvalue weighted by Gasteiger charge is 2.38. The van der Waals surface area contributed by atoms with E-state index in [2.05, 4.69) is 21.3 Å². The lowest BCUT2D eigenvalue weighted by molar-refractivity contribution is -0.0122. The molecule has 4 N–H and O–H groups in total. The standard InChI is InChI=1S/C16H32N4O3S2/c1-23-16-15(11-3-5-13(6-4-11)25(2,21)22)20-14(9-19-16)18-8-12-7-17-10-24-12/h11-20H,3-10H2,1-2H3. The molecule has 3 aliphatic rings. The van der Waals surface area contributed by atoms with Crippen LogP contribution < -0.4 is 21.3 Å². The van der Waals surface area contributed by atoms with Gasteiger partial charge in [0.05, 0.1) is 17.5 Å². The monoisotopic (exact) mass is 392 g/mol. The zero-order valence-corrected chi connectivity index (χ0v) is 16.8. The van der Waals surface area contributed by atoms with Crippen LogP contribution in [0.4, 0.5) is 0 Å². The predicted molar refractivity (Wildman–Crippen MR) is 102 cm³/mol. The molecule has 2 aliphatic heterocycles. The highest BCUT2D eigenvalue weighted by molar-refractivity contribution is 8.00. The van der Waals surface area contributed by atoms with E-state index in [4.69, 9.17) is 4.74 Å². The number of hydrogen-bond donors (Lipinski definition) is 4. The van der Waals surface area contributed by atoms with E-state index in [0.717, 1.165) is 51.2 Å². The summed E-state index contributed by atoms with van der Waals surface area (Å²) in [4.78, 5) is 0. The summed E-state index contributed by atoms with van der Waals surface area (Å²) in [5.41, 5.74) is 0. The number of methoxy groups -OCH3 is 1. The van der Waals surface area contributed by atoms with E-state index in [1.54, 1.807) is 7.11 Å². The summed E-state index contributed by atoms with van der Waals surface area (Å²) in [6, 6.07) is 0.214. The van der Waals surface area contributed by atoms with Crippen LogP contribution in [-0.2, 0) is 14.6 Å². The summed E-state index contributed by atoms with van der Waals surface area (Å²) in [7, 11) is -1.18. The molecule has 146 valence electrons. The SMILES string of the molecule is COC1NCC(NCC2CNCS2)NC1C1CCC(S(C)(=O)=O)CC1. The van der Waals surface area contributed by atoms with Crippen molar-refractivity contribution in [3.05, 3.63) is 0 Å². The van der Waals surface area contributed by atoms with Crippen LogP contribution in [0.2, 0.25) is 0 Å². The van der Waals surface area contributed by atoms with Gasteiger partial charge in [0.15, 0.2) is 0 Å². The summed E-state index contributed by atoms with van der Waals surface area (Å²) in [5, 5.41) is 14.7. The minimum atomic E-state index is -2.92. The van der Waals surface area contributed by atoms with Crippen LogP contribution in [-0.4, -0.2) is 76.2 Å². The van der Waals surface area contributed by atoms with Crippen molar-refractivity contribution in [1.82, 2.24) is 21.3 Å². The Morgan fingerprint density at radius 3 is 2.56 bits per heavy atom. The Bertz CT molecular complexity index is 519. The first kappa shape index (κ1) is 19.9. The van der Waals surface area contributed by atoms with Gasteiger partial charge in [-0.25, -0.2) is 8.42 Å². The molecule has 0 amide bonds. The molecular formula is C16H32N4O3S2. The van der Waals surface area contributed by atoms with Crippen LogP contribution in [0.1, 0.15) is 25.7 Å². The molecular weight excluding hydrogens is 360 g/mol. The quantitative estimate of drug-likeness (QED) is 0.490. The van der Waals surface area contributed by atoms with Crippen molar-refractivity contribution < 1.29 is 13.2 Å². The van der Waals surface area contributed by atoms with Crippen molar-refractivity contribution in [2.45, 2.75) is 54.6 Å². The molecule has 0 spiro atoms. The van der Waals surface area contributed by atoms with Gasteiger partial charge in [-0.15, -0.1) is 11.8 Å². The number of ether oxygens (including phenoxy) is 1. The summed E-state index contributed by atoms with van der Waals surface area (Å²) in [5.74, 6) is 1.49. The molecule has 2 saturated heterocycles. The highest BCUT2D eigenvalue weighted by atomic mass is 32.2. The number of nitrogens with one attached hydrogen (secondary N) is 4. The van der Waals surface area contributed by atoms with E-state index in [-0.39, 0.29) is 23.7 Å². The van der Waals surface area contributed by atoms with Gasteiger partial charge < -0.3 is 10.1 Å². The van der Waals surface area contributed by atoms with Crippen molar-refractivity contribution >= 4 is 21.6 Å². The fourth-order valence-corrected chi connectivity index (χ4v) is 6.27. The van der Waals surface area contributed by atoms with Crippen LogP contribution in [0.5, 0.6) is 0 Å². The number of piperazine rings is 1. The summed E-state index contributed by atoms with van der Waals surface area (Å²) < 4.78 is 29.2. The number of rotatable bonds is 6. The number of thioether (sulfide) groups is 1. The van der Waals surface area contributed by atoms with Gasteiger partial charge in [0.25, 0.3) is 0 Å². The molecule has 9 heteroatoms. The van der Waals surface area contributed by atoms with Crippen molar-refractivity contribution in [1.29, 1.82) is 0 Å². The molecule has 7 nitrogen and oxygen atoms in total. The van der Waals surface area contributed by atoms with Crippen molar-refractivity contribution in [2.24, 2.45) is 5.92 Å². The molecule has 4 unspecified atom stereocenters. The predicted octanol–water partition coefficient (Wildman–Crippen LogP) is -0.298. The average Bonchev–Trinajstić information content (AvgIpc) is 3.12. The van der Waals surface area contributed by atoms with Crippen molar-refractivity contribution in [3.63, 3.8) is 0 Å². The van der Waals surface area contributed by atoms with Gasteiger partial charge in [0, 0.05) is 44.1 Å². The Morgan fingerprint density at radius 1 is 1.20 bits per heavy atom. The second-order valence-corrected chi connectivity index (χ2v) is 11.1.